The highest BCUT2D eigenvalue weighted by Crippen LogP contribution is 2.11. The summed E-state index contributed by atoms with van der Waals surface area (Å²) in [6.45, 7) is 1.01. The minimum absolute atomic E-state index is 0. The number of nitriles is 1. The molecular weight excluding hydrogens is 426 g/mol. The molecule has 1 heterocycles. The molecule has 23 heavy (non-hydrogen) atoms. The minimum Gasteiger partial charge on any atom is -0.352 e. The van der Waals surface area contributed by atoms with Crippen molar-refractivity contribution in [3.63, 3.8) is 0 Å². The number of nitrogens with zero attached hydrogens (tertiary/aromatic N) is 3. The number of hydrogen-bond donors (Lipinski definition) is 1. The van der Waals surface area contributed by atoms with E-state index in [2.05, 4.69) is 21.8 Å². The average molecular weight is 444 g/mol. The molecule has 1 aromatic carbocycles. The molecule has 0 aliphatic carbocycles. The number of hydrogen-bond acceptors (Lipinski definition) is 3. The van der Waals surface area contributed by atoms with E-state index in [0.29, 0.717) is 17.1 Å². The van der Waals surface area contributed by atoms with Gasteiger partial charge < -0.3 is 10.2 Å². The lowest BCUT2D eigenvalue weighted by Crippen LogP contribution is -2.38. The Kier molecular flexibility index (Phi) is 7.98. The fourth-order valence-corrected chi connectivity index (χ4v) is 2.73. The molecule has 0 radical (unpaired) electrons. The zero-order valence-corrected chi connectivity index (χ0v) is 16.1. The first-order chi connectivity index (χ1) is 10.6. The first kappa shape index (κ1) is 19.4. The van der Waals surface area contributed by atoms with Gasteiger partial charge in [0, 0.05) is 32.7 Å². The van der Waals surface area contributed by atoms with Crippen molar-refractivity contribution in [1.82, 2.24) is 10.2 Å². The molecule has 0 saturated heterocycles. The maximum absolute atomic E-state index is 13.8. The van der Waals surface area contributed by atoms with E-state index < -0.39 is 0 Å². The van der Waals surface area contributed by atoms with Gasteiger partial charge in [-0.3, -0.25) is 4.99 Å². The molecule has 7 heteroatoms. The zero-order chi connectivity index (χ0) is 15.9. The highest BCUT2D eigenvalue weighted by molar-refractivity contribution is 14.0. The van der Waals surface area contributed by atoms with Crippen LogP contribution in [0.15, 0.2) is 40.0 Å². The SMILES string of the molecule is CN=C(NCc1cc(C#N)ccc1F)N(C)Cc1ccsc1.I. The normalized spacial score (nSPS) is 10.6. The van der Waals surface area contributed by atoms with Crippen molar-refractivity contribution >= 4 is 41.3 Å². The van der Waals surface area contributed by atoms with Crippen LogP contribution in [0.2, 0.25) is 0 Å². The number of halogens is 2. The number of guanidine groups is 1. The summed E-state index contributed by atoms with van der Waals surface area (Å²) in [5.74, 6) is 0.343. The van der Waals surface area contributed by atoms with Crippen molar-refractivity contribution in [2.45, 2.75) is 13.1 Å². The molecule has 0 saturated carbocycles. The molecule has 0 unspecified atom stereocenters. The second-order valence-corrected chi connectivity index (χ2v) is 5.59. The van der Waals surface area contributed by atoms with Crippen LogP contribution in [-0.2, 0) is 13.1 Å². The van der Waals surface area contributed by atoms with Crippen LogP contribution < -0.4 is 5.32 Å². The standard InChI is InChI=1S/C16H17FN4S.HI/c1-19-16(21(2)10-13-5-6-22-11-13)20-9-14-7-12(8-18)3-4-15(14)17;/h3-7,11H,9-10H2,1-2H3,(H,19,20);1H. The molecule has 0 spiro atoms. The predicted octanol–water partition coefficient (Wildman–Crippen LogP) is 3.58. The summed E-state index contributed by atoms with van der Waals surface area (Å²) >= 11 is 1.65. The summed E-state index contributed by atoms with van der Waals surface area (Å²) in [6, 6.07) is 8.41. The molecule has 4 nitrogen and oxygen atoms in total. The molecule has 122 valence electrons. The van der Waals surface area contributed by atoms with E-state index in [0.717, 1.165) is 6.54 Å². The molecule has 0 amide bonds. The van der Waals surface area contributed by atoms with Gasteiger partial charge in [0.15, 0.2) is 5.96 Å². The maximum atomic E-state index is 13.8. The Morgan fingerprint density at radius 2 is 2.22 bits per heavy atom. The van der Waals surface area contributed by atoms with Gasteiger partial charge in [-0.05, 0) is 40.6 Å². The van der Waals surface area contributed by atoms with Gasteiger partial charge in [0.2, 0.25) is 0 Å². The zero-order valence-electron chi connectivity index (χ0n) is 12.9. The van der Waals surface area contributed by atoms with Crippen LogP contribution in [0, 0.1) is 17.1 Å². The Labute approximate surface area is 156 Å². The molecule has 2 rings (SSSR count). The van der Waals surface area contributed by atoms with E-state index in [1.165, 1.54) is 17.7 Å². The van der Waals surface area contributed by atoms with Crippen LogP contribution in [-0.4, -0.2) is 25.0 Å². The number of aliphatic imine (C=N–C) groups is 1. The maximum Gasteiger partial charge on any atom is 0.193 e. The molecule has 0 bridgehead atoms. The van der Waals surface area contributed by atoms with E-state index >= 15 is 0 Å². The Morgan fingerprint density at radius 3 is 2.83 bits per heavy atom. The van der Waals surface area contributed by atoms with Crippen molar-refractivity contribution in [2.75, 3.05) is 14.1 Å². The van der Waals surface area contributed by atoms with Gasteiger partial charge in [-0.25, -0.2) is 4.39 Å². The lowest BCUT2D eigenvalue weighted by atomic mass is 10.1. The van der Waals surface area contributed by atoms with Gasteiger partial charge in [0.25, 0.3) is 0 Å². The molecule has 1 aromatic heterocycles. The third kappa shape index (κ3) is 5.48. The van der Waals surface area contributed by atoms with Gasteiger partial charge in [-0.15, -0.1) is 24.0 Å². The lowest BCUT2D eigenvalue weighted by Gasteiger charge is -2.21. The van der Waals surface area contributed by atoms with Gasteiger partial charge >= 0.3 is 0 Å². The van der Waals surface area contributed by atoms with Crippen LogP contribution in [0.3, 0.4) is 0 Å². The number of rotatable bonds is 4. The van der Waals surface area contributed by atoms with Crippen LogP contribution >= 0.6 is 35.3 Å². The molecule has 0 aliphatic rings. The Bertz CT molecular complexity index is 695. The number of thiophene rings is 1. The minimum atomic E-state index is -0.331. The summed E-state index contributed by atoms with van der Waals surface area (Å²) in [6.07, 6.45) is 0. The van der Waals surface area contributed by atoms with Crippen molar-refractivity contribution in [3.05, 3.63) is 57.5 Å². The fourth-order valence-electron chi connectivity index (χ4n) is 2.07. The van der Waals surface area contributed by atoms with Crippen LogP contribution in [0.4, 0.5) is 4.39 Å². The van der Waals surface area contributed by atoms with Crippen molar-refractivity contribution in [3.8, 4) is 6.07 Å². The molecule has 0 atom stereocenters. The monoisotopic (exact) mass is 444 g/mol. The van der Waals surface area contributed by atoms with E-state index in [-0.39, 0.29) is 36.3 Å². The van der Waals surface area contributed by atoms with Crippen LogP contribution in [0.5, 0.6) is 0 Å². The second-order valence-electron chi connectivity index (χ2n) is 4.81. The highest BCUT2D eigenvalue weighted by atomic mass is 127. The number of nitrogens with one attached hydrogen (secondary N) is 1. The quantitative estimate of drug-likeness (QED) is 0.446. The topological polar surface area (TPSA) is 51.4 Å². The third-order valence-electron chi connectivity index (χ3n) is 3.18. The van der Waals surface area contributed by atoms with E-state index in [1.807, 2.05) is 23.4 Å². The Hall–Kier alpha value is -1.66. The van der Waals surface area contributed by atoms with Crippen molar-refractivity contribution in [2.24, 2.45) is 4.99 Å². The van der Waals surface area contributed by atoms with Gasteiger partial charge in [0.05, 0.1) is 11.6 Å². The van der Waals surface area contributed by atoms with Crippen molar-refractivity contribution < 1.29 is 4.39 Å². The van der Waals surface area contributed by atoms with Gasteiger partial charge in [-0.2, -0.15) is 16.6 Å². The van der Waals surface area contributed by atoms with E-state index in [9.17, 15) is 4.39 Å². The third-order valence-corrected chi connectivity index (χ3v) is 3.92. The molecule has 2 aromatic rings. The largest absolute Gasteiger partial charge is 0.352 e. The summed E-state index contributed by atoms with van der Waals surface area (Å²) < 4.78 is 13.8. The number of benzene rings is 1. The van der Waals surface area contributed by atoms with E-state index in [4.69, 9.17) is 5.26 Å². The highest BCUT2D eigenvalue weighted by Gasteiger charge is 2.09. The van der Waals surface area contributed by atoms with Gasteiger partial charge in [0.1, 0.15) is 5.82 Å². The molecule has 1 N–H and O–H groups in total. The van der Waals surface area contributed by atoms with Crippen molar-refractivity contribution in [1.29, 1.82) is 5.26 Å². The van der Waals surface area contributed by atoms with Gasteiger partial charge in [-0.1, -0.05) is 0 Å². The molecule has 0 fully saturated rings. The Morgan fingerprint density at radius 1 is 1.43 bits per heavy atom. The van der Waals surface area contributed by atoms with Crippen LogP contribution in [0.1, 0.15) is 16.7 Å². The fraction of sp³-hybridized carbons (Fsp3) is 0.250. The summed E-state index contributed by atoms with van der Waals surface area (Å²) in [5.41, 5.74) is 2.09. The van der Waals surface area contributed by atoms with E-state index in [1.54, 1.807) is 24.5 Å². The second kappa shape index (κ2) is 9.47. The Balaban J connectivity index is 0.00000264. The average Bonchev–Trinajstić information content (AvgIpc) is 3.02. The molecule has 0 aliphatic heterocycles. The van der Waals surface area contributed by atoms with Crippen LogP contribution in [0.25, 0.3) is 0 Å². The predicted molar refractivity (Wildman–Crippen MR) is 103 cm³/mol. The lowest BCUT2D eigenvalue weighted by molar-refractivity contribution is 0.476. The first-order valence-electron chi connectivity index (χ1n) is 6.75. The summed E-state index contributed by atoms with van der Waals surface area (Å²) in [4.78, 5) is 6.17. The summed E-state index contributed by atoms with van der Waals surface area (Å²) in [7, 11) is 3.61. The smallest absolute Gasteiger partial charge is 0.193 e. The summed E-state index contributed by atoms with van der Waals surface area (Å²) in [5, 5.41) is 16.1. The first-order valence-corrected chi connectivity index (χ1v) is 7.69. The molecular formula is C16H18FIN4S.